The number of sulfonamides is 1. The van der Waals surface area contributed by atoms with Crippen molar-refractivity contribution in [2.24, 2.45) is 5.14 Å². The Kier molecular flexibility index (Phi) is 4.75. The number of benzene rings is 1. The van der Waals surface area contributed by atoms with E-state index in [1.54, 1.807) is 0 Å². The standard InChI is InChI=1S/C10H11BClNO5S/c1-3-7-4-9(12)10(19(13,16)17)5-8(7)11(15)18-6(2)14/h3-5,15H,1H2,2H3,(H2,13,16,17). The van der Waals surface area contributed by atoms with E-state index in [0.717, 1.165) is 13.0 Å². The van der Waals surface area contributed by atoms with Crippen LogP contribution in [0.3, 0.4) is 0 Å². The van der Waals surface area contributed by atoms with Crippen LogP contribution in [0.15, 0.2) is 23.6 Å². The molecule has 0 aliphatic heterocycles. The molecular weight excluding hydrogens is 292 g/mol. The van der Waals surface area contributed by atoms with E-state index in [0.29, 0.717) is 5.56 Å². The fourth-order valence-electron chi connectivity index (χ4n) is 1.41. The number of nitrogens with two attached hydrogens (primary N) is 1. The average molecular weight is 304 g/mol. The highest BCUT2D eigenvalue weighted by molar-refractivity contribution is 7.89. The molecule has 1 aromatic rings. The molecule has 0 unspecified atom stereocenters. The van der Waals surface area contributed by atoms with Gasteiger partial charge in [-0.1, -0.05) is 24.3 Å². The normalized spacial score (nSPS) is 10.9. The van der Waals surface area contributed by atoms with Crippen LogP contribution in [0, 0.1) is 0 Å². The smallest absolute Gasteiger partial charge is 0.506 e. The van der Waals surface area contributed by atoms with Gasteiger partial charge in [0.1, 0.15) is 4.90 Å². The van der Waals surface area contributed by atoms with Crippen molar-refractivity contribution in [1.82, 2.24) is 0 Å². The first-order valence-electron chi connectivity index (χ1n) is 5.00. The van der Waals surface area contributed by atoms with Crippen molar-refractivity contribution in [2.75, 3.05) is 0 Å². The lowest BCUT2D eigenvalue weighted by Crippen LogP contribution is -2.37. The molecule has 19 heavy (non-hydrogen) atoms. The van der Waals surface area contributed by atoms with Crippen molar-refractivity contribution in [2.45, 2.75) is 11.8 Å². The van der Waals surface area contributed by atoms with E-state index in [9.17, 15) is 18.2 Å². The second-order valence-corrected chi connectivity index (χ2v) is 5.56. The van der Waals surface area contributed by atoms with E-state index in [2.05, 4.69) is 11.2 Å². The van der Waals surface area contributed by atoms with E-state index in [1.165, 1.54) is 12.1 Å². The molecule has 0 saturated heterocycles. The maximum atomic E-state index is 11.3. The topological polar surface area (TPSA) is 107 Å². The summed E-state index contributed by atoms with van der Waals surface area (Å²) < 4.78 is 27.2. The summed E-state index contributed by atoms with van der Waals surface area (Å²) in [6.45, 7) is 4.60. The van der Waals surface area contributed by atoms with Crippen molar-refractivity contribution in [3.05, 3.63) is 29.3 Å². The van der Waals surface area contributed by atoms with Crippen molar-refractivity contribution in [3.63, 3.8) is 0 Å². The van der Waals surface area contributed by atoms with Crippen LogP contribution in [0.2, 0.25) is 5.02 Å². The van der Waals surface area contributed by atoms with Crippen molar-refractivity contribution in [3.8, 4) is 0 Å². The summed E-state index contributed by atoms with van der Waals surface area (Å²) in [4.78, 5) is 10.4. The Bertz CT molecular complexity index is 631. The highest BCUT2D eigenvalue weighted by Gasteiger charge is 2.26. The minimum atomic E-state index is -4.06. The summed E-state index contributed by atoms with van der Waals surface area (Å²) in [5.41, 5.74) is 0.352. The second-order valence-electron chi connectivity index (χ2n) is 3.62. The number of hydrogen-bond acceptors (Lipinski definition) is 5. The lowest BCUT2D eigenvalue weighted by Gasteiger charge is -2.12. The Hall–Kier alpha value is -1.35. The Balaban J connectivity index is 3.45. The Morgan fingerprint density at radius 3 is 2.58 bits per heavy atom. The summed E-state index contributed by atoms with van der Waals surface area (Å²) in [6, 6.07) is 2.30. The Morgan fingerprint density at radius 1 is 1.58 bits per heavy atom. The SMILES string of the molecule is C=Cc1cc(Cl)c(S(N)(=O)=O)cc1B(O)OC(C)=O. The van der Waals surface area contributed by atoms with E-state index >= 15 is 0 Å². The third-order valence-electron chi connectivity index (χ3n) is 2.21. The van der Waals surface area contributed by atoms with E-state index < -0.39 is 23.1 Å². The third-order valence-corrected chi connectivity index (χ3v) is 3.58. The molecule has 3 N–H and O–H groups in total. The quantitative estimate of drug-likeness (QED) is 0.754. The summed E-state index contributed by atoms with van der Waals surface area (Å²) in [5.74, 6) is -0.727. The monoisotopic (exact) mass is 303 g/mol. The number of carbonyl (C=O) groups excluding carboxylic acids is 1. The Morgan fingerprint density at radius 2 is 2.16 bits per heavy atom. The molecule has 1 rings (SSSR count). The highest BCUT2D eigenvalue weighted by atomic mass is 35.5. The van der Waals surface area contributed by atoms with Gasteiger partial charge >= 0.3 is 7.12 Å². The molecule has 102 valence electrons. The van der Waals surface area contributed by atoms with Crippen molar-refractivity contribution in [1.29, 1.82) is 0 Å². The zero-order valence-corrected chi connectivity index (χ0v) is 11.5. The molecule has 0 atom stereocenters. The van der Waals surface area contributed by atoms with Gasteiger partial charge in [-0.2, -0.15) is 0 Å². The molecule has 9 heteroatoms. The predicted molar refractivity (Wildman–Crippen MR) is 72.3 cm³/mol. The maximum Gasteiger partial charge on any atom is 0.562 e. The summed E-state index contributed by atoms with van der Waals surface area (Å²) >= 11 is 5.78. The van der Waals surface area contributed by atoms with Crippen LogP contribution >= 0.6 is 11.6 Å². The van der Waals surface area contributed by atoms with Gasteiger partial charge in [0.15, 0.2) is 0 Å². The number of primary sulfonamides is 1. The third kappa shape index (κ3) is 3.81. The summed E-state index contributed by atoms with van der Waals surface area (Å²) in [7, 11) is -5.70. The molecule has 0 aromatic heterocycles. The van der Waals surface area contributed by atoms with Crippen LogP contribution in [0.25, 0.3) is 6.08 Å². The van der Waals surface area contributed by atoms with Crippen LogP contribution in [0.4, 0.5) is 0 Å². The average Bonchev–Trinajstić information content (AvgIpc) is 2.25. The van der Waals surface area contributed by atoms with Crippen LogP contribution in [0.5, 0.6) is 0 Å². The minimum absolute atomic E-state index is 0.0265. The number of rotatable bonds is 4. The van der Waals surface area contributed by atoms with Gasteiger partial charge < -0.3 is 9.68 Å². The molecule has 0 spiro atoms. The van der Waals surface area contributed by atoms with Gasteiger partial charge in [-0.3, -0.25) is 4.79 Å². The molecule has 0 heterocycles. The zero-order chi connectivity index (χ0) is 14.8. The van der Waals surface area contributed by atoms with Gasteiger partial charge in [-0.25, -0.2) is 13.6 Å². The Labute approximate surface area is 116 Å². The molecule has 0 aliphatic rings. The summed E-state index contributed by atoms with van der Waals surface area (Å²) in [5, 5.41) is 14.6. The molecular formula is C10H11BClNO5S. The second kappa shape index (κ2) is 5.75. The fourth-order valence-corrected chi connectivity index (χ4v) is 2.53. The van der Waals surface area contributed by atoms with Gasteiger partial charge in [0, 0.05) is 12.4 Å². The van der Waals surface area contributed by atoms with Gasteiger partial charge in [0.25, 0.3) is 5.97 Å². The van der Waals surface area contributed by atoms with Gasteiger partial charge in [0.05, 0.1) is 5.02 Å². The first-order chi connectivity index (χ1) is 8.66. The molecule has 0 aliphatic carbocycles. The van der Waals surface area contributed by atoms with Gasteiger partial charge in [-0.15, -0.1) is 0 Å². The van der Waals surface area contributed by atoms with E-state index in [1.807, 2.05) is 0 Å². The molecule has 0 radical (unpaired) electrons. The molecule has 6 nitrogen and oxygen atoms in total. The van der Waals surface area contributed by atoms with E-state index in [4.69, 9.17) is 16.7 Å². The van der Waals surface area contributed by atoms with Crippen molar-refractivity contribution >= 4 is 46.3 Å². The molecule has 1 aromatic carbocycles. The zero-order valence-electron chi connectivity index (χ0n) is 9.96. The van der Waals surface area contributed by atoms with E-state index in [-0.39, 0.29) is 15.4 Å². The lowest BCUT2D eigenvalue weighted by molar-refractivity contribution is -0.132. The number of hydrogen-bond donors (Lipinski definition) is 2. The van der Waals surface area contributed by atoms with Gasteiger partial charge in [-0.05, 0) is 17.7 Å². The number of halogens is 1. The van der Waals surface area contributed by atoms with Gasteiger partial charge in [0.2, 0.25) is 10.0 Å². The van der Waals surface area contributed by atoms with Crippen LogP contribution in [-0.2, 0) is 19.5 Å². The molecule has 0 bridgehead atoms. The van der Waals surface area contributed by atoms with Crippen LogP contribution in [-0.4, -0.2) is 26.5 Å². The predicted octanol–water partition coefficient (Wildman–Crippen LogP) is -0.119. The largest absolute Gasteiger partial charge is 0.562 e. The minimum Gasteiger partial charge on any atom is -0.506 e. The first-order valence-corrected chi connectivity index (χ1v) is 6.93. The lowest BCUT2D eigenvalue weighted by atomic mass is 9.76. The van der Waals surface area contributed by atoms with Crippen LogP contribution < -0.4 is 10.6 Å². The highest BCUT2D eigenvalue weighted by Crippen LogP contribution is 2.21. The summed E-state index contributed by atoms with van der Waals surface area (Å²) in [6.07, 6.45) is 1.33. The molecule has 0 amide bonds. The molecule has 0 saturated carbocycles. The molecule has 0 fully saturated rings. The number of carbonyl (C=O) groups is 1. The van der Waals surface area contributed by atoms with Crippen molar-refractivity contribution < 1.29 is 22.9 Å². The fraction of sp³-hybridized carbons (Fsp3) is 0.100. The van der Waals surface area contributed by atoms with Crippen LogP contribution in [0.1, 0.15) is 12.5 Å². The first kappa shape index (κ1) is 15.7. The maximum absolute atomic E-state index is 11.3.